The van der Waals surface area contributed by atoms with Gasteiger partial charge in [0.1, 0.15) is 0 Å². The number of hydrogen-bond donors (Lipinski definition) is 0. The number of hydrogen-bond acceptors (Lipinski definition) is 0. The van der Waals surface area contributed by atoms with E-state index in [2.05, 4.69) is 6.07 Å². The summed E-state index contributed by atoms with van der Waals surface area (Å²) in [6, 6.07) is 17.5. The fourth-order valence-corrected chi connectivity index (χ4v) is 2.87. The molecule has 3 rings (SSSR count). The van der Waals surface area contributed by atoms with Gasteiger partial charge in [0.15, 0.2) is 0 Å². The molecule has 0 saturated heterocycles. The van der Waals surface area contributed by atoms with E-state index in [1.807, 2.05) is 42.5 Å². The predicted molar refractivity (Wildman–Crippen MR) is 84.4 cm³/mol. The lowest BCUT2D eigenvalue weighted by Gasteiger charge is -2.09. The lowest BCUT2D eigenvalue weighted by Crippen LogP contribution is -1.83. The van der Waals surface area contributed by atoms with Crippen molar-refractivity contribution in [1.82, 2.24) is 0 Å². The molecular formula is C16H9Cl3. The van der Waals surface area contributed by atoms with E-state index < -0.39 is 0 Å². The maximum Gasteiger partial charge on any atom is 0.0499 e. The quantitative estimate of drug-likeness (QED) is 0.483. The Morgan fingerprint density at radius 2 is 1.37 bits per heavy atom. The van der Waals surface area contributed by atoms with Crippen molar-refractivity contribution in [1.29, 1.82) is 0 Å². The molecule has 3 aromatic carbocycles. The Hall–Kier alpha value is -1.21. The van der Waals surface area contributed by atoms with Gasteiger partial charge < -0.3 is 0 Å². The molecule has 0 spiro atoms. The maximum atomic E-state index is 6.29. The smallest absolute Gasteiger partial charge is 0.0499 e. The van der Waals surface area contributed by atoms with Crippen LogP contribution < -0.4 is 0 Å². The SMILES string of the molecule is Clc1ccc(-c2cccc3ccc(Cl)cc23)c(Cl)c1. The molecule has 0 bridgehead atoms. The Morgan fingerprint density at radius 1 is 0.632 bits per heavy atom. The van der Waals surface area contributed by atoms with Crippen molar-refractivity contribution in [2.45, 2.75) is 0 Å². The maximum absolute atomic E-state index is 6.29. The average Bonchev–Trinajstić information content (AvgIpc) is 2.38. The highest BCUT2D eigenvalue weighted by Gasteiger charge is 2.08. The zero-order valence-electron chi connectivity index (χ0n) is 9.83. The Morgan fingerprint density at radius 3 is 2.16 bits per heavy atom. The third-order valence-corrected chi connectivity index (χ3v) is 3.85. The molecule has 0 nitrogen and oxygen atoms in total. The molecule has 0 fully saturated rings. The summed E-state index contributed by atoms with van der Waals surface area (Å²) in [5.41, 5.74) is 2.01. The van der Waals surface area contributed by atoms with Crippen molar-refractivity contribution in [3.63, 3.8) is 0 Å². The van der Waals surface area contributed by atoms with E-state index in [1.165, 1.54) is 0 Å². The van der Waals surface area contributed by atoms with E-state index in [0.29, 0.717) is 15.1 Å². The van der Waals surface area contributed by atoms with Crippen molar-refractivity contribution in [2.24, 2.45) is 0 Å². The van der Waals surface area contributed by atoms with Gasteiger partial charge in [0.2, 0.25) is 0 Å². The Labute approximate surface area is 126 Å². The predicted octanol–water partition coefficient (Wildman–Crippen LogP) is 6.47. The largest absolute Gasteiger partial charge is 0.0843 e. The Kier molecular flexibility index (Phi) is 3.40. The van der Waals surface area contributed by atoms with Crippen LogP contribution in [0.3, 0.4) is 0 Å². The van der Waals surface area contributed by atoms with Gasteiger partial charge in [-0.3, -0.25) is 0 Å². The van der Waals surface area contributed by atoms with Crippen LogP contribution in [0.5, 0.6) is 0 Å². The number of benzene rings is 3. The molecule has 0 radical (unpaired) electrons. The molecule has 0 heterocycles. The summed E-state index contributed by atoms with van der Waals surface area (Å²) in [5, 5.41) is 4.20. The standard InChI is InChI=1S/C16H9Cl3/c17-11-5-4-10-2-1-3-13(15(10)8-11)14-7-6-12(18)9-16(14)19/h1-9H. The topological polar surface area (TPSA) is 0 Å². The zero-order chi connectivity index (χ0) is 13.4. The lowest BCUT2D eigenvalue weighted by atomic mass is 9.98. The molecule has 3 heteroatoms. The van der Waals surface area contributed by atoms with Gasteiger partial charge in [0.05, 0.1) is 0 Å². The first-order valence-electron chi connectivity index (χ1n) is 5.79. The van der Waals surface area contributed by atoms with Crippen LogP contribution in [0, 0.1) is 0 Å². The van der Waals surface area contributed by atoms with Gasteiger partial charge in [-0.25, -0.2) is 0 Å². The lowest BCUT2D eigenvalue weighted by molar-refractivity contribution is 1.65. The van der Waals surface area contributed by atoms with Gasteiger partial charge >= 0.3 is 0 Å². The Bertz CT molecular complexity index is 763. The van der Waals surface area contributed by atoms with Crippen LogP contribution >= 0.6 is 34.8 Å². The minimum absolute atomic E-state index is 0.631. The first-order valence-corrected chi connectivity index (χ1v) is 6.92. The summed E-state index contributed by atoms with van der Waals surface area (Å²) in [6.07, 6.45) is 0. The second-order valence-electron chi connectivity index (χ2n) is 4.30. The molecule has 0 amide bonds. The molecule has 0 aliphatic rings. The summed E-state index contributed by atoms with van der Waals surface area (Å²) in [6.45, 7) is 0. The van der Waals surface area contributed by atoms with Gasteiger partial charge in [-0.05, 0) is 40.6 Å². The van der Waals surface area contributed by atoms with Gasteiger partial charge in [-0.15, -0.1) is 0 Å². The van der Waals surface area contributed by atoms with Crippen molar-refractivity contribution in [3.8, 4) is 11.1 Å². The van der Waals surface area contributed by atoms with Crippen molar-refractivity contribution in [3.05, 3.63) is 69.7 Å². The van der Waals surface area contributed by atoms with Crippen LogP contribution in [0.1, 0.15) is 0 Å². The van der Waals surface area contributed by atoms with E-state index in [4.69, 9.17) is 34.8 Å². The molecule has 0 saturated carbocycles. The molecule has 0 atom stereocenters. The van der Waals surface area contributed by atoms with Crippen molar-refractivity contribution >= 4 is 45.6 Å². The first-order chi connectivity index (χ1) is 9.15. The minimum Gasteiger partial charge on any atom is -0.0843 e. The highest BCUT2D eigenvalue weighted by Crippen LogP contribution is 2.35. The van der Waals surface area contributed by atoms with Crippen LogP contribution in [0.2, 0.25) is 15.1 Å². The van der Waals surface area contributed by atoms with Crippen LogP contribution in [-0.2, 0) is 0 Å². The van der Waals surface area contributed by atoms with Gasteiger partial charge in [-0.1, -0.05) is 65.1 Å². The molecule has 0 aliphatic heterocycles. The van der Waals surface area contributed by atoms with Gasteiger partial charge in [-0.2, -0.15) is 0 Å². The van der Waals surface area contributed by atoms with Gasteiger partial charge in [0.25, 0.3) is 0 Å². The summed E-state index contributed by atoms with van der Waals surface area (Å²) in [7, 11) is 0. The fraction of sp³-hybridized carbons (Fsp3) is 0. The molecule has 19 heavy (non-hydrogen) atoms. The normalized spacial score (nSPS) is 10.9. The molecule has 0 aliphatic carbocycles. The second-order valence-corrected chi connectivity index (χ2v) is 5.58. The zero-order valence-corrected chi connectivity index (χ0v) is 12.1. The van der Waals surface area contributed by atoms with Crippen molar-refractivity contribution < 1.29 is 0 Å². The van der Waals surface area contributed by atoms with Crippen LogP contribution in [0.25, 0.3) is 21.9 Å². The molecule has 0 unspecified atom stereocenters. The van der Waals surface area contributed by atoms with E-state index >= 15 is 0 Å². The van der Waals surface area contributed by atoms with Crippen molar-refractivity contribution in [2.75, 3.05) is 0 Å². The minimum atomic E-state index is 0.631. The van der Waals surface area contributed by atoms with Crippen LogP contribution in [0.15, 0.2) is 54.6 Å². The number of halogens is 3. The number of rotatable bonds is 1. The second kappa shape index (κ2) is 5.05. The molecule has 3 aromatic rings. The molecule has 0 aromatic heterocycles. The summed E-state index contributed by atoms with van der Waals surface area (Å²) >= 11 is 18.3. The Balaban J connectivity index is 2.33. The monoisotopic (exact) mass is 306 g/mol. The van der Waals surface area contributed by atoms with Gasteiger partial charge in [0, 0.05) is 20.6 Å². The summed E-state index contributed by atoms with van der Waals surface area (Å²) < 4.78 is 0. The summed E-state index contributed by atoms with van der Waals surface area (Å²) in [5.74, 6) is 0. The first kappa shape index (κ1) is 12.8. The highest BCUT2D eigenvalue weighted by atomic mass is 35.5. The third kappa shape index (κ3) is 2.44. The fourth-order valence-electron chi connectivity index (χ4n) is 2.19. The summed E-state index contributed by atoms with van der Waals surface area (Å²) in [4.78, 5) is 0. The molecular weight excluding hydrogens is 299 g/mol. The van der Waals surface area contributed by atoms with E-state index in [0.717, 1.165) is 21.9 Å². The van der Waals surface area contributed by atoms with E-state index in [9.17, 15) is 0 Å². The van der Waals surface area contributed by atoms with Crippen LogP contribution in [-0.4, -0.2) is 0 Å². The number of fused-ring (bicyclic) bond motifs is 1. The third-order valence-electron chi connectivity index (χ3n) is 3.07. The molecule has 0 N–H and O–H groups in total. The average molecular weight is 308 g/mol. The molecule has 94 valence electrons. The van der Waals surface area contributed by atoms with E-state index in [-0.39, 0.29) is 0 Å². The van der Waals surface area contributed by atoms with E-state index in [1.54, 1.807) is 6.07 Å². The van der Waals surface area contributed by atoms with Crippen LogP contribution in [0.4, 0.5) is 0 Å². The highest BCUT2D eigenvalue weighted by molar-refractivity contribution is 6.37.